The second kappa shape index (κ2) is 11.3. The lowest BCUT2D eigenvalue weighted by Gasteiger charge is -2.37. The number of methoxy groups -OCH3 is 1. The van der Waals surface area contributed by atoms with E-state index in [-0.39, 0.29) is 17.9 Å². The van der Waals surface area contributed by atoms with Crippen molar-refractivity contribution in [1.29, 1.82) is 0 Å². The molecule has 192 valence electrons. The molecule has 0 bridgehead atoms. The fraction of sp³-hybridized carbons (Fsp3) is 0.913. The largest absolute Gasteiger partial charge is 0.359 e. The van der Waals surface area contributed by atoms with E-state index in [0.29, 0.717) is 13.0 Å². The summed E-state index contributed by atoms with van der Waals surface area (Å²) in [6.07, 6.45) is -2.07. The highest BCUT2D eigenvalue weighted by atomic mass is 79.9. The van der Waals surface area contributed by atoms with Crippen LogP contribution in [0.2, 0.25) is 18.1 Å². The van der Waals surface area contributed by atoms with Gasteiger partial charge in [0, 0.05) is 29.5 Å². The fourth-order valence-electron chi connectivity index (χ4n) is 3.45. The van der Waals surface area contributed by atoms with Crippen LogP contribution in [-0.2, 0) is 37.9 Å². The molecule has 5 atom stereocenters. The van der Waals surface area contributed by atoms with E-state index in [4.69, 9.17) is 37.9 Å². The number of rotatable bonds is 10. The number of hydrogen-bond acceptors (Lipinski definition) is 8. The Balaban J connectivity index is 2.32. The SMILES string of the molecule is COCO[C@@H]([C@@H]1OC(C)(C)O[C@@H]1[C@@H](CC#CBr)OO[Si](C)(C)C(C)(C)C)[C@H]1COC(C)(C)O1. The molecule has 2 heterocycles. The first-order chi connectivity index (χ1) is 15.1. The van der Waals surface area contributed by atoms with Crippen molar-refractivity contribution in [2.45, 2.75) is 115 Å². The van der Waals surface area contributed by atoms with Crippen molar-refractivity contribution in [3.05, 3.63) is 0 Å². The van der Waals surface area contributed by atoms with Crippen LogP contribution in [0, 0.1) is 10.8 Å². The van der Waals surface area contributed by atoms with Crippen LogP contribution >= 0.6 is 15.9 Å². The van der Waals surface area contributed by atoms with E-state index >= 15 is 0 Å². The Morgan fingerprint density at radius 1 is 1.06 bits per heavy atom. The van der Waals surface area contributed by atoms with Gasteiger partial charge in [-0.05, 0) is 50.7 Å². The molecule has 0 spiro atoms. The van der Waals surface area contributed by atoms with Crippen molar-refractivity contribution >= 4 is 24.2 Å². The molecule has 2 rings (SSSR count). The second-order valence-corrected chi connectivity index (χ2v) is 16.0. The predicted octanol–water partition coefficient (Wildman–Crippen LogP) is 4.72. The number of ether oxygens (including phenoxy) is 6. The quantitative estimate of drug-likeness (QED) is 0.127. The average Bonchev–Trinajstić information content (AvgIpc) is 3.20. The van der Waals surface area contributed by atoms with Gasteiger partial charge in [-0.2, -0.15) is 0 Å². The fourth-order valence-corrected chi connectivity index (χ4v) is 4.22. The Kier molecular flexibility index (Phi) is 10.0. The van der Waals surface area contributed by atoms with E-state index in [0.717, 1.165) is 0 Å². The van der Waals surface area contributed by atoms with Gasteiger partial charge in [0.2, 0.25) is 8.32 Å². The summed E-state index contributed by atoms with van der Waals surface area (Å²) in [5.41, 5.74) is 0. The smallest absolute Gasteiger partial charge is 0.238 e. The van der Waals surface area contributed by atoms with Crippen molar-refractivity contribution in [2.24, 2.45) is 0 Å². The first-order valence-corrected chi connectivity index (χ1v) is 15.0. The zero-order chi connectivity index (χ0) is 25.1. The van der Waals surface area contributed by atoms with Crippen molar-refractivity contribution in [2.75, 3.05) is 20.5 Å². The molecule has 2 aliphatic heterocycles. The summed E-state index contributed by atoms with van der Waals surface area (Å²) in [5, 5.41) is -0.0188. The molecular weight excluding hydrogens is 512 g/mol. The van der Waals surface area contributed by atoms with Crippen molar-refractivity contribution in [3.8, 4) is 10.8 Å². The highest BCUT2D eigenvalue weighted by Gasteiger charge is 2.54. The molecule has 2 saturated heterocycles. The first-order valence-electron chi connectivity index (χ1n) is 11.3. The van der Waals surface area contributed by atoms with Gasteiger partial charge in [-0.25, -0.2) is 4.89 Å². The minimum absolute atomic E-state index is 0.0188. The molecule has 0 unspecified atom stereocenters. The van der Waals surface area contributed by atoms with Crippen LogP contribution in [0.5, 0.6) is 0 Å². The van der Waals surface area contributed by atoms with Crippen molar-refractivity contribution < 1.29 is 37.9 Å². The zero-order valence-corrected chi connectivity index (χ0v) is 24.2. The van der Waals surface area contributed by atoms with E-state index in [1.165, 1.54) is 0 Å². The van der Waals surface area contributed by atoms with Gasteiger partial charge in [0.1, 0.15) is 37.3 Å². The van der Waals surface area contributed by atoms with Crippen LogP contribution in [0.1, 0.15) is 54.9 Å². The minimum Gasteiger partial charge on any atom is -0.359 e. The Bertz CT molecular complexity index is 697. The van der Waals surface area contributed by atoms with Crippen LogP contribution in [0.3, 0.4) is 0 Å². The molecule has 0 radical (unpaired) electrons. The van der Waals surface area contributed by atoms with E-state index in [2.05, 4.69) is 60.5 Å². The summed E-state index contributed by atoms with van der Waals surface area (Å²) in [6, 6.07) is 0. The lowest BCUT2D eigenvalue weighted by atomic mass is 9.98. The molecule has 2 aliphatic rings. The molecular formula is C23H41BrO8Si. The second-order valence-electron chi connectivity index (χ2n) is 10.9. The van der Waals surface area contributed by atoms with Gasteiger partial charge in [0.15, 0.2) is 11.6 Å². The topological polar surface area (TPSA) is 73.8 Å². The van der Waals surface area contributed by atoms with Crippen molar-refractivity contribution in [1.82, 2.24) is 0 Å². The summed E-state index contributed by atoms with van der Waals surface area (Å²) >= 11 is 3.18. The normalized spacial score (nSPS) is 28.9. The molecule has 8 nitrogen and oxygen atoms in total. The van der Waals surface area contributed by atoms with E-state index in [1.54, 1.807) is 7.11 Å². The van der Waals surface area contributed by atoms with Gasteiger partial charge in [-0.3, -0.25) is 4.58 Å². The lowest BCUT2D eigenvalue weighted by molar-refractivity contribution is -0.285. The molecule has 10 heteroatoms. The Morgan fingerprint density at radius 2 is 1.70 bits per heavy atom. The maximum absolute atomic E-state index is 6.34. The van der Waals surface area contributed by atoms with Crippen LogP contribution in [-0.4, -0.2) is 70.9 Å². The summed E-state index contributed by atoms with van der Waals surface area (Å²) in [6.45, 7) is 18.6. The third kappa shape index (κ3) is 7.97. The van der Waals surface area contributed by atoms with E-state index in [1.807, 2.05) is 27.7 Å². The highest BCUT2D eigenvalue weighted by molar-refractivity contribution is 9.12. The summed E-state index contributed by atoms with van der Waals surface area (Å²) in [7, 11) is -0.608. The van der Waals surface area contributed by atoms with Crippen LogP contribution in [0.4, 0.5) is 0 Å². The molecule has 0 aromatic heterocycles. The minimum atomic E-state index is -2.18. The van der Waals surface area contributed by atoms with Crippen LogP contribution < -0.4 is 0 Å². The maximum Gasteiger partial charge on any atom is 0.238 e. The molecule has 0 saturated carbocycles. The molecule has 2 fully saturated rings. The molecule has 0 N–H and O–H groups in total. The van der Waals surface area contributed by atoms with E-state index < -0.39 is 44.3 Å². The van der Waals surface area contributed by atoms with Gasteiger partial charge in [0.25, 0.3) is 0 Å². The third-order valence-electron chi connectivity index (χ3n) is 6.19. The molecule has 0 aromatic rings. The van der Waals surface area contributed by atoms with Gasteiger partial charge in [0.05, 0.1) is 6.61 Å². The Hall–Kier alpha value is -0.0631. The van der Waals surface area contributed by atoms with Gasteiger partial charge < -0.3 is 28.4 Å². The number of hydrogen-bond donors (Lipinski definition) is 0. The predicted molar refractivity (Wildman–Crippen MR) is 130 cm³/mol. The average molecular weight is 554 g/mol. The summed E-state index contributed by atoms with van der Waals surface area (Å²) < 4.78 is 41.9. The monoisotopic (exact) mass is 552 g/mol. The molecule has 0 aromatic carbocycles. The van der Waals surface area contributed by atoms with Crippen molar-refractivity contribution in [3.63, 3.8) is 0 Å². The Morgan fingerprint density at radius 3 is 2.21 bits per heavy atom. The molecule has 0 amide bonds. The van der Waals surface area contributed by atoms with Gasteiger partial charge in [-0.15, -0.1) is 0 Å². The standard InChI is InChI=1S/C23H41BrO8Si/c1-21(2,3)33(9,10)32-31-16(12-11-13-24)19-20(30-23(6,7)29-19)18(26-15-25-8)17-14-27-22(4,5)28-17/h16-20H,12,14-15H2,1-10H3/t16-,17-,18-,19-,20+/m1/s1. The van der Waals surface area contributed by atoms with Crippen LogP contribution in [0.25, 0.3) is 0 Å². The molecule has 0 aliphatic carbocycles. The maximum atomic E-state index is 6.34. The summed E-state index contributed by atoms with van der Waals surface area (Å²) in [5.74, 6) is 1.46. The number of halogens is 1. The zero-order valence-electron chi connectivity index (χ0n) is 21.7. The molecule has 33 heavy (non-hydrogen) atoms. The first kappa shape index (κ1) is 29.2. The lowest BCUT2D eigenvalue weighted by Crippen LogP contribution is -2.51. The Labute approximate surface area is 208 Å². The van der Waals surface area contributed by atoms with E-state index in [9.17, 15) is 0 Å². The van der Waals surface area contributed by atoms with Gasteiger partial charge >= 0.3 is 0 Å². The highest BCUT2D eigenvalue weighted by Crippen LogP contribution is 2.40. The van der Waals surface area contributed by atoms with Crippen LogP contribution in [0.15, 0.2) is 0 Å². The third-order valence-corrected chi connectivity index (χ3v) is 10.6. The summed E-state index contributed by atoms with van der Waals surface area (Å²) in [4.78, 5) is 8.84. The van der Waals surface area contributed by atoms with Gasteiger partial charge in [-0.1, -0.05) is 26.7 Å².